The zero-order valence-corrected chi connectivity index (χ0v) is 25.1. The van der Waals surface area contributed by atoms with Gasteiger partial charge in [0.15, 0.2) is 0 Å². The van der Waals surface area contributed by atoms with E-state index < -0.39 is 5.54 Å². The number of nitrogens with one attached hydrogen (secondary N) is 2. The van der Waals surface area contributed by atoms with Crippen molar-refractivity contribution in [2.24, 2.45) is 0 Å². The largest absolute Gasteiger partial charge is 0.379 e. The Labute approximate surface area is 253 Å². The lowest BCUT2D eigenvalue weighted by atomic mass is 9.97. The maximum absolute atomic E-state index is 13.8. The number of likely N-dealkylation sites (tertiary alicyclic amines) is 1. The highest BCUT2D eigenvalue weighted by molar-refractivity contribution is 7.17. The molecule has 2 N–H and O–H groups in total. The van der Waals surface area contributed by atoms with E-state index in [1.54, 1.807) is 29.4 Å². The van der Waals surface area contributed by atoms with Crippen molar-refractivity contribution in [1.29, 1.82) is 5.26 Å². The molecule has 0 bridgehead atoms. The van der Waals surface area contributed by atoms with Crippen molar-refractivity contribution >= 4 is 40.1 Å². The number of ether oxygens (including phenoxy) is 1. The van der Waals surface area contributed by atoms with Crippen molar-refractivity contribution < 1.29 is 14.3 Å². The molecule has 2 saturated heterocycles. The number of carbonyl (C=O) groups excluding carboxylic acids is 2. The van der Waals surface area contributed by atoms with E-state index in [9.17, 15) is 14.9 Å². The number of fused-ring (bicyclic) bond motifs is 1. The lowest BCUT2D eigenvalue weighted by molar-refractivity contribution is -0.127. The topological polar surface area (TPSA) is 132 Å². The number of H-pyrrole nitrogens is 1. The summed E-state index contributed by atoms with van der Waals surface area (Å²) in [5, 5.41) is 19.8. The predicted molar refractivity (Wildman–Crippen MR) is 164 cm³/mol. The van der Waals surface area contributed by atoms with E-state index in [1.807, 2.05) is 48.7 Å². The fraction of sp³-hybridized carbons (Fsp3) is 0.387. The standard InChI is InChI=1S/C31H34N8O3S/c1-31(2,37-12-14-42-15-13-37)16-21(17-32)29(41)38-11-5-6-23(38)20-39-25-8-4-3-7-24(25)35-30(39)36-28(40)27-10-9-26(43-27)22-18-33-34-19-22/h3-4,7-10,16,18-19,23H,5-6,11-15,20H2,1-2H3,(H,33,34)(H,35,36,40). The number of imidazole rings is 1. The van der Waals surface area contributed by atoms with Gasteiger partial charge in [-0.1, -0.05) is 12.1 Å². The van der Waals surface area contributed by atoms with E-state index in [-0.39, 0.29) is 23.4 Å². The molecular formula is C31H34N8O3S. The van der Waals surface area contributed by atoms with Crippen LogP contribution in [0, 0.1) is 11.3 Å². The zero-order valence-electron chi connectivity index (χ0n) is 24.2. The van der Waals surface area contributed by atoms with Gasteiger partial charge in [-0.2, -0.15) is 10.4 Å². The number of thiophene rings is 1. The van der Waals surface area contributed by atoms with Crippen molar-refractivity contribution in [2.75, 3.05) is 38.2 Å². The molecular weight excluding hydrogens is 564 g/mol. The molecule has 4 aromatic rings. The number of nitrogens with zero attached hydrogens (tertiary/aromatic N) is 6. The molecule has 2 fully saturated rings. The number of hydrogen-bond donors (Lipinski definition) is 2. The lowest BCUT2D eigenvalue weighted by Crippen LogP contribution is -2.49. The van der Waals surface area contributed by atoms with Gasteiger partial charge in [0.25, 0.3) is 11.8 Å². The highest BCUT2D eigenvalue weighted by atomic mass is 32.1. The van der Waals surface area contributed by atoms with E-state index in [0.29, 0.717) is 37.1 Å². The van der Waals surface area contributed by atoms with Crippen LogP contribution < -0.4 is 5.32 Å². The first-order valence-corrected chi connectivity index (χ1v) is 15.3. The van der Waals surface area contributed by atoms with E-state index >= 15 is 0 Å². The Morgan fingerprint density at radius 3 is 2.79 bits per heavy atom. The van der Waals surface area contributed by atoms with Crippen molar-refractivity contribution in [3.63, 3.8) is 0 Å². The number of morpholine rings is 1. The Morgan fingerprint density at radius 1 is 1.21 bits per heavy atom. The van der Waals surface area contributed by atoms with Crippen molar-refractivity contribution in [2.45, 2.75) is 44.8 Å². The number of aromatic amines is 1. The van der Waals surface area contributed by atoms with E-state index in [1.165, 1.54) is 11.3 Å². The fourth-order valence-corrected chi connectivity index (χ4v) is 6.79. The van der Waals surface area contributed by atoms with Gasteiger partial charge in [-0.05, 0) is 57.0 Å². The number of nitriles is 1. The summed E-state index contributed by atoms with van der Waals surface area (Å²) in [4.78, 5) is 37.4. The van der Waals surface area contributed by atoms with Gasteiger partial charge >= 0.3 is 0 Å². The fourth-order valence-electron chi connectivity index (χ4n) is 5.90. The van der Waals surface area contributed by atoms with Gasteiger partial charge in [-0.25, -0.2) is 4.98 Å². The Bertz CT molecular complexity index is 1690. The molecule has 43 heavy (non-hydrogen) atoms. The number of para-hydroxylation sites is 2. The summed E-state index contributed by atoms with van der Waals surface area (Å²) >= 11 is 1.38. The van der Waals surface area contributed by atoms with Crippen LogP contribution in [-0.4, -0.2) is 85.8 Å². The summed E-state index contributed by atoms with van der Waals surface area (Å²) in [6, 6.07) is 13.4. The molecule has 2 aliphatic heterocycles. The van der Waals surface area contributed by atoms with Gasteiger partial charge < -0.3 is 14.2 Å². The minimum atomic E-state index is -0.461. The second-order valence-corrected chi connectivity index (χ2v) is 12.4. The summed E-state index contributed by atoms with van der Waals surface area (Å²) in [7, 11) is 0. The minimum Gasteiger partial charge on any atom is -0.379 e. The number of benzene rings is 1. The second-order valence-electron chi connectivity index (χ2n) is 11.4. The number of anilines is 1. The first-order valence-electron chi connectivity index (χ1n) is 14.5. The van der Waals surface area contributed by atoms with E-state index in [4.69, 9.17) is 9.72 Å². The molecule has 0 aliphatic carbocycles. The van der Waals surface area contributed by atoms with Gasteiger partial charge in [0, 0.05) is 48.4 Å². The third-order valence-corrected chi connectivity index (χ3v) is 9.33. The first kappa shape index (κ1) is 28.8. The highest BCUT2D eigenvalue weighted by Gasteiger charge is 2.34. The van der Waals surface area contributed by atoms with E-state index in [2.05, 4.69) is 26.5 Å². The monoisotopic (exact) mass is 598 g/mol. The van der Waals surface area contributed by atoms with Gasteiger partial charge in [0.2, 0.25) is 5.95 Å². The molecule has 2 aliphatic rings. The first-order chi connectivity index (χ1) is 20.8. The van der Waals surface area contributed by atoms with Gasteiger partial charge in [-0.3, -0.25) is 24.9 Å². The molecule has 1 aromatic carbocycles. The third kappa shape index (κ3) is 5.97. The second kappa shape index (κ2) is 12.1. The smallest absolute Gasteiger partial charge is 0.268 e. The minimum absolute atomic E-state index is 0.151. The molecule has 222 valence electrons. The summed E-state index contributed by atoms with van der Waals surface area (Å²) in [5.74, 6) is -0.0874. The molecule has 1 atom stereocenters. The highest BCUT2D eigenvalue weighted by Crippen LogP contribution is 2.30. The van der Waals surface area contributed by atoms with Crippen molar-refractivity contribution in [3.8, 4) is 16.5 Å². The van der Waals surface area contributed by atoms with Crippen LogP contribution in [-0.2, 0) is 16.1 Å². The molecule has 0 spiro atoms. The van der Waals surface area contributed by atoms with Gasteiger partial charge in [0.1, 0.15) is 11.6 Å². The van der Waals surface area contributed by atoms with Gasteiger partial charge in [-0.15, -0.1) is 11.3 Å². The van der Waals surface area contributed by atoms with Crippen LogP contribution in [0.1, 0.15) is 36.4 Å². The summed E-state index contributed by atoms with van der Waals surface area (Å²) < 4.78 is 7.46. The number of amides is 2. The van der Waals surface area contributed by atoms with Crippen molar-refractivity contribution in [1.82, 2.24) is 29.5 Å². The van der Waals surface area contributed by atoms with Crippen LogP contribution in [0.15, 0.2) is 60.4 Å². The van der Waals surface area contributed by atoms with Crippen LogP contribution in [0.4, 0.5) is 5.95 Å². The Morgan fingerprint density at radius 2 is 2.02 bits per heavy atom. The number of rotatable bonds is 8. The molecule has 5 heterocycles. The van der Waals surface area contributed by atoms with Crippen LogP contribution in [0.2, 0.25) is 0 Å². The maximum Gasteiger partial charge on any atom is 0.268 e. The normalized spacial score (nSPS) is 18.2. The Hall–Kier alpha value is -4.31. The zero-order chi connectivity index (χ0) is 30.0. The molecule has 3 aromatic heterocycles. The molecule has 6 rings (SSSR count). The molecule has 0 radical (unpaired) electrons. The number of hydrogen-bond acceptors (Lipinski definition) is 8. The summed E-state index contributed by atoms with van der Waals surface area (Å²) in [5.41, 5.74) is 2.23. The van der Waals surface area contributed by atoms with Crippen molar-refractivity contribution in [3.05, 3.63) is 65.3 Å². The predicted octanol–water partition coefficient (Wildman–Crippen LogP) is 4.29. The maximum atomic E-state index is 13.8. The molecule has 11 nitrogen and oxygen atoms in total. The third-order valence-electron chi connectivity index (χ3n) is 8.20. The van der Waals surface area contributed by atoms with Crippen LogP contribution in [0.25, 0.3) is 21.5 Å². The molecule has 2 amide bonds. The Balaban J connectivity index is 1.24. The molecule has 0 saturated carbocycles. The summed E-state index contributed by atoms with van der Waals surface area (Å²) in [6.45, 7) is 7.85. The average molecular weight is 599 g/mol. The molecule has 1 unspecified atom stereocenters. The van der Waals surface area contributed by atoms with Crippen LogP contribution in [0.3, 0.4) is 0 Å². The SMILES string of the molecule is CC(C)(C=C(C#N)C(=O)N1CCCC1Cn1c(NC(=O)c2ccc(-c3cn[nH]c3)s2)nc2ccccc21)N1CCOCC1. The average Bonchev–Trinajstić information content (AvgIpc) is 3.84. The summed E-state index contributed by atoms with van der Waals surface area (Å²) in [6.07, 6.45) is 6.93. The number of carbonyl (C=O) groups is 2. The van der Waals surface area contributed by atoms with Gasteiger partial charge in [0.05, 0.1) is 41.4 Å². The number of aromatic nitrogens is 4. The van der Waals surface area contributed by atoms with Crippen LogP contribution in [0.5, 0.6) is 0 Å². The molecule has 12 heteroatoms. The van der Waals surface area contributed by atoms with Crippen LogP contribution >= 0.6 is 11.3 Å². The quantitative estimate of drug-likeness (QED) is 0.228. The Kier molecular flexibility index (Phi) is 8.12. The lowest BCUT2D eigenvalue weighted by Gasteiger charge is -2.39. The van der Waals surface area contributed by atoms with E-state index in [0.717, 1.165) is 47.4 Å².